The monoisotopic (exact) mass is 290 g/mol. The first-order valence-corrected chi connectivity index (χ1v) is 7.15. The quantitative estimate of drug-likeness (QED) is 0.904. The maximum atomic E-state index is 12.7. The minimum Gasteiger partial charge on any atom is -0.373 e. The minimum atomic E-state index is -0.401. The van der Waals surface area contributed by atoms with Gasteiger partial charge in [0, 0.05) is 38.9 Å². The standard InChI is InChI=1S/C15H22N4O2/c1-10(2)13-15(21)18(4)7-8-19(13)14(20)11-5-6-17-12(9-11)16-3/h5-6,9-10,13H,7-8H2,1-4H3,(H,16,17)/t13-/m0/s1. The second kappa shape index (κ2) is 6.11. The highest BCUT2D eigenvalue weighted by Crippen LogP contribution is 2.21. The molecule has 1 aliphatic rings. The number of nitrogens with zero attached hydrogens (tertiary/aromatic N) is 3. The molecule has 0 unspecified atom stereocenters. The highest BCUT2D eigenvalue weighted by atomic mass is 16.2. The van der Waals surface area contributed by atoms with Crippen molar-refractivity contribution in [3.05, 3.63) is 23.9 Å². The first-order chi connectivity index (χ1) is 9.95. The summed E-state index contributed by atoms with van der Waals surface area (Å²) in [5.74, 6) is 0.610. The van der Waals surface area contributed by atoms with E-state index in [-0.39, 0.29) is 17.7 Å². The van der Waals surface area contributed by atoms with Crippen LogP contribution in [0.15, 0.2) is 18.3 Å². The van der Waals surface area contributed by atoms with Gasteiger partial charge in [-0.15, -0.1) is 0 Å². The topological polar surface area (TPSA) is 65.5 Å². The van der Waals surface area contributed by atoms with E-state index in [9.17, 15) is 9.59 Å². The number of nitrogens with one attached hydrogen (secondary N) is 1. The molecule has 1 aromatic rings. The molecule has 0 aromatic carbocycles. The van der Waals surface area contributed by atoms with Crippen LogP contribution in [0.5, 0.6) is 0 Å². The Balaban J connectivity index is 2.29. The summed E-state index contributed by atoms with van der Waals surface area (Å²) >= 11 is 0. The van der Waals surface area contributed by atoms with Crippen molar-refractivity contribution >= 4 is 17.6 Å². The molecule has 6 heteroatoms. The molecule has 1 aliphatic heterocycles. The van der Waals surface area contributed by atoms with E-state index < -0.39 is 6.04 Å². The molecule has 1 aromatic heterocycles. The number of hydrogen-bond donors (Lipinski definition) is 1. The first-order valence-electron chi connectivity index (χ1n) is 7.15. The predicted molar refractivity (Wildman–Crippen MR) is 81.1 cm³/mol. The Morgan fingerprint density at radius 2 is 2.14 bits per heavy atom. The SMILES string of the molecule is CNc1cc(C(=O)N2CCN(C)C(=O)[C@@H]2C(C)C)ccn1. The summed E-state index contributed by atoms with van der Waals surface area (Å²) < 4.78 is 0. The Hall–Kier alpha value is -2.11. The third kappa shape index (κ3) is 2.99. The molecule has 114 valence electrons. The van der Waals surface area contributed by atoms with Gasteiger partial charge in [-0.05, 0) is 18.1 Å². The predicted octanol–water partition coefficient (Wildman–Crippen LogP) is 1.06. The zero-order chi connectivity index (χ0) is 15.6. The molecule has 1 saturated heterocycles. The van der Waals surface area contributed by atoms with Gasteiger partial charge in [-0.3, -0.25) is 9.59 Å². The van der Waals surface area contributed by atoms with Gasteiger partial charge in [0.25, 0.3) is 5.91 Å². The molecule has 2 heterocycles. The van der Waals surface area contributed by atoms with Crippen molar-refractivity contribution in [1.29, 1.82) is 0 Å². The number of anilines is 1. The van der Waals surface area contributed by atoms with Crippen LogP contribution in [0, 0.1) is 5.92 Å². The smallest absolute Gasteiger partial charge is 0.254 e. The second-order valence-electron chi connectivity index (χ2n) is 5.63. The Morgan fingerprint density at radius 1 is 1.43 bits per heavy atom. The number of aromatic nitrogens is 1. The van der Waals surface area contributed by atoms with E-state index >= 15 is 0 Å². The summed E-state index contributed by atoms with van der Waals surface area (Å²) in [6.07, 6.45) is 1.60. The van der Waals surface area contributed by atoms with Crippen LogP contribution in [-0.2, 0) is 4.79 Å². The van der Waals surface area contributed by atoms with Crippen LogP contribution in [0.25, 0.3) is 0 Å². The van der Waals surface area contributed by atoms with E-state index in [1.165, 1.54) is 0 Å². The van der Waals surface area contributed by atoms with Crippen LogP contribution in [-0.4, -0.2) is 59.8 Å². The Bertz CT molecular complexity index is 544. The molecule has 0 bridgehead atoms. The lowest BCUT2D eigenvalue weighted by Crippen LogP contribution is -2.59. The lowest BCUT2D eigenvalue weighted by atomic mass is 9.98. The maximum Gasteiger partial charge on any atom is 0.254 e. The molecular weight excluding hydrogens is 268 g/mol. The van der Waals surface area contributed by atoms with Crippen LogP contribution in [0.2, 0.25) is 0 Å². The van der Waals surface area contributed by atoms with Gasteiger partial charge in [0.2, 0.25) is 5.91 Å². The minimum absolute atomic E-state index is 0.00694. The molecular formula is C15H22N4O2. The van der Waals surface area contributed by atoms with E-state index in [0.29, 0.717) is 24.5 Å². The van der Waals surface area contributed by atoms with Gasteiger partial charge in [0.1, 0.15) is 11.9 Å². The van der Waals surface area contributed by atoms with E-state index in [2.05, 4.69) is 10.3 Å². The van der Waals surface area contributed by atoms with Crippen molar-refractivity contribution in [2.45, 2.75) is 19.9 Å². The van der Waals surface area contributed by atoms with Crippen LogP contribution >= 0.6 is 0 Å². The lowest BCUT2D eigenvalue weighted by Gasteiger charge is -2.41. The molecule has 0 radical (unpaired) electrons. The van der Waals surface area contributed by atoms with Gasteiger partial charge in [-0.25, -0.2) is 4.98 Å². The van der Waals surface area contributed by atoms with Gasteiger partial charge in [0.15, 0.2) is 0 Å². The summed E-state index contributed by atoms with van der Waals surface area (Å²) in [5.41, 5.74) is 0.553. The van der Waals surface area contributed by atoms with E-state index in [4.69, 9.17) is 0 Å². The third-order valence-corrected chi connectivity index (χ3v) is 3.80. The zero-order valence-electron chi connectivity index (χ0n) is 13.0. The van der Waals surface area contributed by atoms with Gasteiger partial charge in [-0.1, -0.05) is 13.8 Å². The molecule has 2 amide bonds. The van der Waals surface area contributed by atoms with Gasteiger partial charge in [0.05, 0.1) is 0 Å². The van der Waals surface area contributed by atoms with Crippen LogP contribution in [0.3, 0.4) is 0 Å². The summed E-state index contributed by atoms with van der Waals surface area (Å²) in [7, 11) is 3.54. The average Bonchev–Trinajstić information content (AvgIpc) is 2.48. The fourth-order valence-corrected chi connectivity index (χ4v) is 2.61. The zero-order valence-corrected chi connectivity index (χ0v) is 13.0. The third-order valence-electron chi connectivity index (χ3n) is 3.80. The summed E-state index contributed by atoms with van der Waals surface area (Å²) in [6.45, 7) is 5.06. The van der Waals surface area contributed by atoms with Crippen molar-refractivity contribution in [3.8, 4) is 0 Å². The number of rotatable bonds is 3. The maximum absolute atomic E-state index is 12.7. The molecule has 1 fully saturated rings. The summed E-state index contributed by atoms with van der Waals surface area (Å²) in [6, 6.07) is 2.99. The molecule has 1 N–H and O–H groups in total. The van der Waals surface area contributed by atoms with Crippen molar-refractivity contribution in [2.24, 2.45) is 5.92 Å². The van der Waals surface area contributed by atoms with Gasteiger partial charge < -0.3 is 15.1 Å². The van der Waals surface area contributed by atoms with Crippen molar-refractivity contribution in [3.63, 3.8) is 0 Å². The van der Waals surface area contributed by atoms with Gasteiger partial charge >= 0.3 is 0 Å². The molecule has 21 heavy (non-hydrogen) atoms. The number of carbonyl (C=O) groups is 2. The fourth-order valence-electron chi connectivity index (χ4n) is 2.61. The number of amides is 2. The summed E-state index contributed by atoms with van der Waals surface area (Å²) in [5, 5.41) is 2.92. The molecule has 2 rings (SSSR count). The van der Waals surface area contributed by atoms with Crippen molar-refractivity contribution in [1.82, 2.24) is 14.8 Å². The number of likely N-dealkylation sites (N-methyl/N-ethyl adjacent to an activating group) is 1. The number of piperazine rings is 1. The normalized spacial score (nSPS) is 19.1. The molecule has 0 aliphatic carbocycles. The number of carbonyl (C=O) groups excluding carboxylic acids is 2. The van der Waals surface area contributed by atoms with E-state index in [0.717, 1.165) is 0 Å². The average molecular weight is 290 g/mol. The van der Waals surface area contributed by atoms with E-state index in [1.807, 2.05) is 13.8 Å². The summed E-state index contributed by atoms with van der Waals surface area (Å²) in [4.78, 5) is 32.6. The number of hydrogen-bond acceptors (Lipinski definition) is 4. The lowest BCUT2D eigenvalue weighted by molar-refractivity contribution is -0.140. The van der Waals surface area contributed by atoms with Crippen LogP contribution in [0.4, 0.5) is 5.82 Å². The van der Waals surface area contributed by atoms with Crippen molar-refractivity contribution in [2.75, 3.05) is 32.5 Å². The van der Waals surface area contributed by atoms with Crippen molar-refractivity contribution < 1.29 is 9.59 Å². The fraction of sp³-hybridized carbons (Fsp3) is 0.533. The second-order valence-corrected chi connectivity index (χ2v) is 5.63. The highest BCUT2D eigenvalue weighted by Gasteiger charge is 2.38. The molecule has 6 nitrogen and oxygen atoms in total. The van der Waals surface area contributed by atoms with E-state index in [1.54, 1.807) is 42.2 Å². The molecule has 0 saturated carbocycles. The first kappa shape index (κ1) is 15.3. The number of pyridine rings is 1. The largest absolute Gasteiger partial charge is 0.373 e. The highest BCUT2D eigenvalue weighted by molar-refractivity contribution is 5.98. The molecule has 1 atom stereocenters. The van der Waals surface area contributed by atoms with Crippen LogP contribution in [0.1, 0.15) is 24.2 Å². The van der Waals surface area contributed by atoms with Crippen LogP contribution < -0.4 is 5.32 Å². The Kier molecular flexibility index (Phi) is 4.45. The Morgan fingerprint density at radius 3 is 2.76 bits per heavy atom. The Labute approximate surface area is 125 Å². The molecule has 0 spiro atoms. The van der Waals surface area contributed by atoms with Gasteiger partial charge in [-0.2, -0.15) is 0 Å².